The van der Waals surface area contributed by atoms with Gasteiger partial charge in [0, 0.05) is 47.3 Å². The van der Waals surface area contributed by atoms with E-state index >= 15 is 0 Å². The molecular weight excluding hydrogens is 456 g/mol. The number of aromatic nitrogens is 1. The molecule has 4 heterocycles. The van der Waals surface area contributed by atoms with E-state index in [-0.39, 0.29) is 12.0 Å². The Bertz CT molecular complexity index is 1180. The fourth-order valence-electron chi connectivity index (χ4n) is 4.73. The maximum atomic E-state index is 12.9. The van der Waals surface area contributed by atoms with E-state index in [1.165, 1.54) is 39.3 Å². The number of nitrogens with one attached hydrogen (secondary N) is 2. The molecule has 1 aliphatic carbocycles. The largest absolute Gasteiger partial charge is 0.465 e. The number of anilines is 1. The smallest absolute Gasteiger partial charge is 0.341 e. The van der Waals surface area contributed by atoms with E-state index in [1.54, 1.807) is 11.3 Å². The van der Waals surface area contributed by atoms with Crippen molar-refractivity contribution < 1.29 is 14.3 Å². The van der Waals surface area contributed by atoms with Crippen LogP contribution < -0.4 is 10.6 Å². The van der Waals surface area contributed by atoms with Crippen LogP contribution in [0.4, 0.5) is 9.80 Å². The minimum absolute atomic E-state index is 0.301. The zero-order valence-corrected chi connectivity index (χ0v) is 20.5. The third-order valence-electron chi connectivity index (χ3n) is 6.39. The number of methoxy groups -OCH3 is 1. The molecule has 2 amide bonds. The lowest BCUT2D eigenvalue weighted by atomic mass is 9.95. The van der Waals surface area contributed by atoms with Crippen LogP contribution in [-0.2, 0) is 37.1 Å². The molecule has 174 valence electrons. The first-order valence-electron chi connectivity index (χ1n) is 11.3. The predicted molar refractivity (Wildman–Crippen MR) is 132 cm³/mol. The number of aryl methyl sites for hydroxylation is 1. The number of thiophene rings is 2. The summed E-state index contributed by atoms with van der Waals surface area (Å²) in [6, 6.07) is 3.73. The summed E-state index contributed by atoms with van der Waals surface area (Å²) in [5.74, 6) is -0.379. The van der Waals surface area contributed by atoms with Crippen molar-refractivity contribution in [1.29, 1.82) is 0 Å². The van der Waals surface area contributed by atoms with Gasteiger partial charge in [-0.25, -0.2) is 9.59 Å². The van der Waals surface area contributed by atoms with Crippen LogP contribution in [0.25, 0.3) is 5.00 Å². The van der Waals surface area contributed by atoms with E-state index in [4.69, 9.17) is 4.74 Å². The Hall–Kier alpha value is -2.62. The number of rotatable bonds is 5. The molecule has 2 aliphatic rings. The SMILES string of the molecule is COC(=O)c1c(NC(=O)NCc2c(-n3cccc3)sc3c2CCN(C)C3)sc2c1CCCC2. The van der Waals surface area contributed by atoms with E-state index in [9.17, 15) is 9.59 Å². The number of ether oxygens (including phenoxy) is 1. The van der Waals surface area contributed by atoms with Gasteiger partial charge in [-0.3, -0.25) is 5.32 Å². The first kappa shape index (κ1) is 22.2. The molecule has 1 aliphatic heterocycles. The van der Waals surface area contributed by atoms with Crippen molar-refractivity contribution in [3.05, 3.63) is 56.5 Å². The van der Waals surface area contributed by atoms with Gasteiger partial charge in [0.15, 0.2) is 0 Å². The number of nitrogens with zero attached hydrogens (tertiary/aromatic N) is 2. The molecule has 5 rings (SSSR count). The number of esters is 1. The molecular formula is C24H28N4O3S2. The normalized spacial score (nSPS) is 15.6. The molecule has 0 aromatic carbocycles. The zero-order chi connectivity index (χ0) is 22.9. The summed E-state index contributed by atoms with van der Waals surface area (Å²) in [5.41, 5.74) is 4.09. The fourth-order valence-corrected chi connectivity index (χ4v) is 7.42. The molecule has 0 spiro atoms. The zero-order valence-electron chi connectivity index (χ0n) is 18.9. The first-order chi connectivity index (χ1) is 16.0. The Morgan fingerprint density at radius 1 is 1.06 bits per heavy atom. The van der Waals surface area contributed by atoms with Gasteiger partial charge in [0.1, 0.15) is 10.0 Å². The minimum atomic E-state index is -0.379. The molecule has 33 heavy (non-hydrogen) atoms. The molecule has 0 radical (unpaired) electrons. The second-order valence-electron chi connectivity index (χ2n) is 8.58. The fraction of sp³-hybridized carbons (Fsp3) is 0.417. The van der Waals surface area contributed by atoms with Crippen molar-refractivity contribution in [2.24, 2.45) is 0 Å². The monoisotopic (exact) mass is 484 g/mol. The van der Waals surface area contributed by atoms with Crippen molar-refractivity contribution in [3.63, 3.8) is 0 Å². The number of likely N-dealkylation sites (N-methyl/N-ethyl adjacent to an activating group) is 1. The minimum Gasteiger partial charge on any atom is -0.465 e. The predicted octanol–water partition coefficient (Wildman–Crippen LogP) is 4.58. The van der Waals surface area contributed by atoms with Gasteiger partial charge in [-0.1, -0.05) is 0 Å². The molecule has 3 aromatic heterocycles. The number of carbonyl (C=O) groups excluding carboxylic acids is 2. The number of fused-ring (bicyclic) bond motifs is 2. The Morgan fingerprint density at radius 3 is 2.64 bits per heavy atom. The number of amides is 2. The highest BCUT2D eigenvalue weighted by Crippen LogP contribution is 2.39. The Morgan fingerprint density at radius 2 is 1.85 bits per heavy atom. The molecule has 7 nitrogen and oxygen atoms in total. The van der Waals surface area contributed by atoms with Crippen molar-refractivity contribution in [2.75, 3.05) is 26.0 Å². The number of hydrogen-bond acceptors (Lipinski definition) is 6. The lowest BCUT2D eigenvalue weighted by molar-refractivity contribution is 0.0601. The molecule has 0 fully saturated rings. The maximum absolute atomic E-state index is 12.9. The molecule has 9 heteroatoms. The molecule has 2 N–H and O–H groups in total. The van der Waals surface area contributed by atoms with Gasteiger partial charge in [0.25, 0.3) is 0 Å². The van der Waals surface area contributed by atoms with Crippen molar-refractivity contribution >= 4 is 39.7 Å². The van der Waals surface area contributed by atoms with Crippen LogP contribution in [0, 0.1) is 0 Å². The second-order valence-corrected chi connectivity index (χ2v) is 10.8. The third kappa shape index (κ3) is 4.32. The van der Waals surface area contributed by atoms with Gasteiger partial charge in [0.05, 0.1) is 12.7 Å². The molecule has 0 bridgehead atoms. The van der Waals surface area contributed by atoms with Crippen LogP contribution >= 0.6 is 22.7 Å². The number of carbonyl (C=O) groups is 2. The van der Waals surface area contributed by atoms with Crippen LogP contribution in [0.5, 0.6) is 0 Å². The summed E-state index contributed by atoms with van der Waals surface area (Å²) in [4.78, 5) is 30.3. The second kappa shape index (κ2) is 9.32. The third-order valence-corrected chi connectivity index (χ3v) is 8.87. The number of hydrogen-bond donors (Lipinski definition) is 2. The summed E-state index contributed by atoms with van der Waals surface area (Å²) < 4.78 is 7.15. The molecule has 0 saturated heterocycles. The van der Waals surface area contributed by atoms with Gasteiger partial charge in [0.2, 0.25) is 0 Å². The maximum Gasteiger partial charge on any atom is 0.341 e. The average Bonchev–Trinajstić information content (AvgIpc) is 3.53. The molecule has 0 atom stereocenters. The molecule has 0 saturated carbocycles. The van der Waals surface area contributed by atoms with Crippen molar-refractivity contribution in [3.8, 4) is 5.00 Å². The molecule has 3 aromatic rings. The van der Waals surface area contributed by atoms with E-state index in [2.05, 4.69) is 27.1 Å². The summed E-state index contributed by atoms with van der Waals surface area (Å²) in [6.45, 7) is 2.38. The highest BCUT2D eigenvalue weighted by Gasteiger charge is 2.28. The molecule has 0 unspecified atom stereocenters. The number of urea groups is 1. The van der Waals surface area contributed by atoms with Crippen LogP contribution in [0.1, 0.15) is 49.6 Å². The van der Waals surface area contributed by atoms with E-state index in [1.807, 2.05) is 24.5 Å². The standard InChI is InChI=1S/C24H28N4O3S2/c1-27-12-9-15-17(22(33-19(15)14-27)28-10-5-6-11-28)13-25-24(30)26-21-20(23(29)31-2)16-7-3-4-8-18(16)32-21/h5-6,10-11H,3-4,7-9,12-14H2,1-2H3,(H2,25,26,30). The lowest BCUT2D eigenvalue weighted by Gasteiger charge is -2.22. The highest BCUT2D eigenvalue weighted by molar-refractivity contribution is 7.17. The first-order valence-corrected chi connectivity index (χ1v) is 12.9. The van der Waals surface area contributed by atoms with E-state index < -0.39 is 0 Å². The van der Waals surface area contributed by atoms with Crippen LogP contribution in [0.3, 0.4) is 0 Å². The lowest BCUT2D eigenvalue weighted by Crippen LogP contribution is -2.30. The van der Waals surface area contributed by atoms with E-state index in [0.717, 1.165) is 55.8 Å². The van der Waals surface area contributed by atoms with E-state index in [0.29, 0.717) is 17.1 Å². The van der Waals surface area contributed by atoms with Crippen LogP contribution in [0.2, 0.25) is 0 Å². The Kier molecular flexibility index (Phi) is 6.27. The summed E-state index contributed by atoms with van der Waals surface area (Å²) in [7, 11) is 3.53. The van der Waals surface area contributed by atoms with Gasteiger partial charge >= 0.3 is 12.0 Å². The van der Waals surface area contributed by atoms with Gasteiger partial charge < -0.3 is 19.5 Å². The Balaban J connectivity index is 1.36. The Labute approximate surface area is 201 Å². The quantitative estimate of drug-likeness (QED) is 0.520. The van der Waals surface area contributed by atoms with Gasteiger partial charge in [-0.15, -0.1) is 22.7 Å². The van der Waals surface area contributed by atoms with Gasteiger partial charge in [-0.2, -0.15) is 0 Å². The topological polar surface area (TPSA) is 75.6 Å². The van der Waals surface area contributed by atoms with Gasteiger partial charge in [-0.05, 0) is 62.4 Å². The summed E-state index contributed by atoms with van der Waals surface area (Å²) in [6.07, 6.45) is 9.04. The van der Waals surface area contributed by atoms with Crippen LogP contribution in [0.15, 0.2) is 24.5 Å². The highest BCUT2D eigenvalue weighted by atomic mass is 32.1. The summed E-state index contributed by atoms with van der Waals surface area (Å²) >= 11 is 3.30. The van der Waals surface area contributed by atoms with Crippen LogP contribution in [-0.4, -0.2) is 42.2 Å². The summed E-state index contributed by atoms with van der Waals surface area (Å²) in [5, 5.41) is 7.73. The average molecular weight is 485 g/mol. The van der Waals surface area contributed by atoms with Crippen molar-refractivity contribution in [1.82, 2.24) is 14.8 Å². The van der Waals surface area contributed by atoms with Crippen molar-refractivity contribution in [2.45, 2.75) is 45.2 Å².